The van der Waals surface area contributed by atoms with E-state index >= 15 is 0 Å². The molecule has 0 aromatic heterocycles. The average Bonchev–Trinajstić information content (AvgIpc) is 2.53. The molecule has 23 heavy (non-hydrogen) atoms. The molecule has 2 rings (SSSR count). The molecule has 128 valence electrons. The minimum Gasteiger partial charge on any atom is -0.376 e. The molecule has 2 N–H and O–H groups in total. The van der Waals surface area contributed by atoms with Gasteiger partial charge in [0.05, 0.1) is 11.4 Å². The number of hydrogen-bond acceptors (Lipinski definition) is 3. The Bertz CT molecular complexity index is 496. The Labute approximate surface area is 140 Å². The molecule has 1 heterocycles. The molecule has 1 aliphatic rings. The van der Waals surface area contributed by atoms with Crippen molar-refractivity contribution < 1.29 is 4.79 Å². The highest BCUT2D eigenvalue weighted by Gasteiger charge is 2.15. The van der Waals surface area contributed by atoms with Crippen molar-refractivity contribution in [2.45, 2.75) is 26.2 Å². The smallest absolute Gasteiger partial charge is 0.319 e. The van der Waals surface area contributed by atoms with Crippen LogP contribution >= 0.6 is 0 Å². The summed E-state index contributed by atoms with van der Waals surface area (Å²) in [5, 5.41) is 5.88. The molecule has 0 atom stereocenters. The lowest BCUT2D eigenvalue weighted by atomic mass is 9.99. The Balaban J connectivity index is 1.67. The minimum absolute atomic E-state index is 0.133. The summed E-state index contributed by atoms with van der Waals surface area (Å²) < 4.78 is 0. The second kappa shape index (κ2) is 8.77. The lowest BCUT2D eigenvalue weighted by Gasteiger charge is -2.30. The number of nitrogens with zero attached hydrogens (tertiary/aromatic N) is 2. The number of nitrogens with one attached hydrogen (secondary N) is 2. The van der Waals surface area contributed by atoms with Gasteiger partial charge in [-0.1, -0.05) is 19.1 Å². The van der Waals surface area contributed by atoms with Crippen LogP contribution in [0.1, 0.15) is 26.2 Å². The summed E-state index contributed by atoms with van der Waals surface area (Å²) in [6.07, 6.45) is 3.60. The Morgan fingerprint density at radius 2 is 1.96 bits per heavy atom. The highest BCUT2D eigenvalue weighted by molar-refractivity contribution is 5.93. The maximum Gasteiger partial charge on any atom is 0.319 e. The van der Waals surface area contributed by atoms with Gasteiger partial charge in [-0.3, -0.25) is 0 Å². The molecule has 1 aromatic carbocycles. The zero-order chi connectivity index (χ0) is 16.7. The van der Waals surface area contributed by atoms with E-state index in [-0.39, 0.29) is 6.03 Å². The Morgan fingerprint density at radius 3 is 2.65 bits per heavy atom. The normalized spacial score (nSPS) is 16.1. The molecular weight excluding hydrogens is 288 g/mol. The van der Waals surface area contributed by atoms with Gasteiger partial charge in [-0.15, -0.1) is 0 Å². The zero-order valence-electron chi connectivity index (χ0n) is 14.6. The first-order valence-electron chi connectivity index (χ1n) is 8.60. The predicted molar refractivity (Wildman–Crippen MR) is 97.2 cm³/mol. The molecule has 0 bridgehead atoms. The van der Waals surface area contributed by atoms with Crippen LogP contribution in [-0.4, -0.2) is 51.2 Å². The van der Waals surface area contributed by atoms with Gasteiger partial charge in [-0.05, 0) is 56.9 Å². The van der Waals surface area contributed by atoms with Gasteiger partial charge in [0.2, 0.25) is 0 Å². The van der Waals surface area contributed by atoms with E-state index in [1.807, 2.05) is 43.3 Å². The summed E-state index contributed by atoms with van der Waals surface area (Å²) in [5.41, 5.74) is 1.84. The van der Waals surface area contributed by atoms with Crippen LogP contribution in [-0.2, 0) is 0 Å². The number of anilines is 2. The number of amides is 2. The highest BCUT2D eigenvalue weighted by Crippen LogP contribution is 2.23. The van der Waals surface area contributed by atoms with Gasteiger partial charge >= 0.3 is 6.03 Å². The summed E-state index contributed by atoms with van der Waals surface area (Å²) in [4.78, 5) is 16.5. The van der Waals surface area contributed by atoms with Gasteiger partial charge in [0.25, 0.3) is 0 Å². The molecule has 0 aliphatic carbocycles. The average molecular weight is 318 g/mol. The van der Waals surface area contributed by atoms with Crippen molar-refractivity contribution in [1.82, 2.24) is 10.2 Å². The van der Waals surface area contributed by atoms with Crippen molar-refractivity contribution >= 4 is 17.4 Å². The molecule has 5 heteroatoms. The Morgan fingerprint density at radius 1 is 1.26 bits per heavy atom. The van der Waals surface area contributed by atoms with Gasteiger partial charge < -0.3 is 20.4 Å². The number of benzene rings is 1. The third kappa shape index (κ3) is 5.75. The fourth-order valence-corrected chi connectivity index (χ4v) is 2.93. The predicted octanol–water partition coefficient (Wildman–Crippen LogP) is 3.00. The van der Waals surface area contributed by atoms with Crippen LogP contribution < -0.4 is 15.5 Å². The van der Waals surface area contributed by atoms with E-state index < -0.39 is 0 Å². The number of carbonyl (C=O) groups is 1. The van der Waals surface area contributed by atoms with E-state index in [9.17, 15) is 4.79 Å². The number of para-hydroxylation sites is 2. The molecule has 1 aromatic rings. The summed E-state index contributed by atoms with van der Waals surface area (Å²) in [6, 6.07) is 7.68. The van der Waals surface area contributed by atoms with Gasteiger partial charge in [0, 0.05) is 20.6 Å². The third-order valence-corrected chi connectivity index (χ3v) is 4.45. The van der Waals surface area contributed by atoms with Crippen LogP contribution in [0, 0.1) is 5.92 Å². The van der Waals surface area contributed by atoms with Crippen LogP contribution in [0.5, 0.6) is 0 Å². The number of hydrogen-bond donors (Lipinski definition) is 2. The molecule has 1 saturated heterocycles. The van der Waals surface area contributed by atoms with Crippen LogP contribution in [0.4, 0.5) is 16.2 Å². The number of rotatable bonds is 6. The van der Waals surface area contributed by atoms with Gasteiger partial charge in [-0.2, -0.15) is 0 Å². The van der Waals surface area contributed by atoms with E-state index in [1.165, 1.54) is 25.9 Å². The molecule has 0 radical (unpaired) electrons. The van der Waals surface area contributed by atoms with Gasteiger partial charge in [-0.25, -0.2) is 4.79 Å². The molecule has 0 unspecified atom stereocenters. The maximum absolute atomic E-state index is 12.0. The van der Waals surface area contributed by atoms with E-state index in [1.54, 1.807) is 0 Å². The standard InChI is InChI=1S/C18H30N4O/c1-15-9-13-22(14-10-15)12-6-11-19-18(23)20-16-7-4-5-8-17(16)21(2)3/h4-5,7-8,15H,6,9-14H2,1-3H3,(H2,19,20,23). The van der Waals surface area contributed by atoms with Crippen molar-refractivity contribution in [3.63, 3.8) is 0 Å². The molecule has 1 aliphatic heterocycles. The Hall–Kier alpha value is -1.75. The van der Waals surface area contributed by atoms with Crippen LogP contribution in [0.25, 0.3) is 0 Å². The molecule has 1 fully saturated rings. The monoisotopic (exact) mass is 318 g/mol. The topological polar surface area (TPSA) is 47.6 Å². The van der Waals surface area contributed by atoms with Crippen molar-refractivity contribution in [2.75, 3.05) is 50.5 Å². The van der Waals surface area contributed by atoms with Crippen molar-refractivity contribution in [3.8, 4) is 0 Å². The van der Waals surface area contributed by atoms with Crippen molar-refractivity contribution in [3.05, 3.63) is 24.3 Å². The fraction of sp³-hybridized carbons (Fsp3) is 0.611. The lowest BCUT2D eigenvalue weighted by Crippen LogP contribution is -2.36. The lowest BCUT2D eigenvalue weighted by molar-refractivity contribution is 0.190. The second-order valence-electron chi connectivity index (χ2n) is 6.67. The maximum atomic E-state index is 12.0. The van der Waals surface area contributed by atoms with Crippen LogP contribution in [0.3, 0.4) is 0 Å². The van der Waals surface area contributed by atoms with Gasteiger partial charge in [0.1, 0.15) is 0 Å². The Kier molecular flexibility index (Phi) is 6.71. The number of likely N-dealkylation sites (tertiary alicyclic amines) is 1. The second-order valence-corrected chi connectivity index (χ2v) is 6.67. The quantitative estimate of drug-likeness (QED) is 0.793. The third-order valence-electron chi connectivity index (χ3n) is 4.45. The first-order valence-corrected chi connectivity index (χ1v) is 8.60. The minimum atomic E-state index is -0.133. The number of urea groups is 1. The molecule has 0 saturated carbocycles. The van der Waals surface area contributed by atoms with E-state index in [0.29, 0.717) is 6.54 Å². The fourth-order valence-electron chi connectivity index (χ4n) is 2.93. The van der Waals surface area contributed by atoms with Crippen LogP contribution in [0.2, 0.25) is 0 Å². The summed E-state index contributed by atoms with van der Waals surface area (Å²) in [6.45, 7) is 6.51. The largest absolute Gasteiger partial charge is 0.376 e. The number of carbonyl (C=O) groups excluding carboxylic acids is 1. The van der Waals surface area contributed by atoms with E-state index in [2.05, 4.69) is 22.5 Å². The molecule has 0 spiro atoms. The van der Waals surface area contributed by atoms with Crippen LogP contribution in [0.15, 0.2) is 24.3 Å². The van der Waals surface area contributed by atoms with Crippen molar-refractivity contribution in [2.24, 2.45) is 5.92 Å². The summed E-state index contributed by atoms with van der Waals surface area (Å²) >= 11 is 0. The first kappa shape index (κ1) is 17.6. The zero-order valence-corrected chi connectivity index (χ0v) is 14.6. The number of piperidine rings is 1. The van der Waals surface area contributed by atoms with Crippen molar-refractivity contribution in [1.29, 1.82) is 0 Å². The summed E-state index contributed by atoms with van der Waals surface area (Å²) in [7, 11) is 3.94. The van der Waals surface area contributed by atoms with E-state index in [4.69, 9.17) is 0 Å². The van der Waals surface area contributed by atoms with Gasteiger partial charge in [0.15, 0.2) is 0 Å². The van der Waals surface area contributed by atoms with E-state index in [0.717, 1.165) is 30.3 Å². The first-order chi connectivity index (χ1) is 11.1. The SMILES string of the molecule is CC1CCN(CCCNC(=O)Nc2ccccc2N(C)C)CC1. The highest BCUT2D eigenvalue weighted by atomic mass is 16.2. The molecular formula is C18H30N4O. The summed E-state index contributed by atoms with van der Waals surface area (Å²) in [5.74, 6) is 0.868. The molecule has 2 amide bonds. The molecule has 5 nitrogen and oxygen atoms in total.